The van der Waals surface area contributed by atoms with Gasteiger partial charge in [0.2, 0.25) is 0 Å². The lowest BCUT2D eigenvalue weighted by Gasteiger charge is -2.06. The molecule has 0 saturated heterocycles. The first-order chi connectivity index (χ1) is 9.33. The summed E-state index contributed by atoms with van der Waals surface area (Å²) in [5.41, 5.74) is 3.26. The fraction of sp³-hybridized carbons (Fsp3) is 0.154. The Morgan fingerprint density at radius 2 is 2.11 bits per heavy atom. The van der Waals surface area contributed by atoms with Crippen LogP contribution in [0.3, 0.4) is 0 Å². The molecule has 0 amide bonds. The molecular formula is C13H13N5S. The molecule has 6 heteroatoms. The average molecular weight is 271 g/mol. The molecule has 19 heavy (non-hydrogen) atoms. The largest absolute Gasteiger partial charge is 0.379 e. The molecule has 0 radical (unpaired) electrons. The summed E-state index contributed by atoms with van der Waals surface area (Å²) in [7, 11) is 1.88. The number of aryl methyl sites for hydroxylation is 1. The van der Waals surface area contributed by atoms with Gasteiger partial charge in [-0.15, -0.1) is 16.4 Å². The molecule has 0 saturated carbocycles. The Morgan fingerprint density at radius 3 is 2.74 bits per heavy atom. The van der Waals surface area contributed by atoms with Gasteiger partial charge in [-0.25, -0.2) is 4.98 Å². The molecule has 0 bridgehead atoms. The Morgan fingerprint density at radius 1 is 1.26 bits per heavy atom. The quantitative estimate of drug-likeness (QED) is 0.792. The summed E-state index contributed by atoms with van der Waals surface area (Å²) >= 11 is 1.64. The zero-order chi connectivity index (χ0) is 13.1. The van der Waals surface area contributed by atoms with Crippen LogP contribution in [0, 0.1) is 0 Å². The molecule has 2 heterocycles. The molecule has 0 unspecified atom stereocenters. The van der Waals surface area contributed by atoms with Crippen LogP contribution in [0.25, 0.3) is 10.6 Å². The van der Waals surface area contributed by atoms with Crippen LogP contribution < -0.4 is 5.32 Å². The van der Waals surface area contributed by atoms with E-state index in [2.05, 4.69) is 44.9 Å². The van der Waals surface area contributed by atoms with E-state index in [9.17, 15) is 0 Å². The van der Waals surface area contributed by atoms with Crippen molar-refractivity contribution in [2.75, 3.05) is 5.32 Å². The van der Waals surface area contributed by atoms with Crippen molar-refractivity contribution in [3.8, 4) is 10.6 Å². The minimum Gasteiger partial charge on any atom is -0.379 e. The number of hydrogen-bond donors (Lipinski definition) is 1. The van der Waals surface area contributed by atoms with E-state index in [1.165, 1.54) is 0 Å². The Labute approximate surface area is 114 Å². The first-order valence-corrected chi connectivity index (χ1v) is 6.78. The molecule has 0 aliphatic heterocycles. The highest BCUT2D eigenvalue weighted by molar-refractivity contribution is 7.13. The van der Waals surface area contributed by atoms with Gasteiger partial charge in [0, 0.05) is 29.9 Å². The molecule has 1 aromatic carbocycles. The van der Waals surface area contributed by atoms with Gasteiger partial charge < -0.3 is 5.32 Å². The van der Waals surface area contributed by atoms with E-state index >= 15 is 0 Å². The summed E-state index contributed by atoms with van der Waals surface area (Å²) in [5, 5.41) is 14.1. The van der Waals surface area contributed by atoms with Gasteiger partial charge in [0.25, 0.3) is 0 Å². The highest BCUT2D eigenvalue weighted by Crippen LogP contribution is 2.23. The first-order valence-electron chi connectivity index (χ1n) is 5.90. The van der Waals surface area contributed by atoms with Crippen LogP contribution in [0.5, 0.6) is 0 Å². The van der Waals surface area contributed by atoms with Gasteiger partial charge in [-0.1, -0.05) is 5.21 Å². The fourth-order valence-corrected chi connectivity index (χ4v) is 2.40. The number of nitrogens with one attached hydrogen (secondary N) is 1. The SMILES string of the molecule is Cn1nncc1CNc1ccc(-c2nccs2)cc1. The Bertz CT molecular complexity index is 642. The van der Waals surface area contributed by atoms with Gasteiger partial charge in [0.05, 0.1) is 18.4 Å². The van der Waals surface area contributed by atoms with Crippen LogP contribution in [0.1, 0.15) is 5.69 Å². The van der Waals surface area contributed by atoms with Crippen LogP contribution in [-0.4, -0.2) is 20.0 Å². The van der Waals surface area contributed by atoms with Crippen molar-refractivity contribution in [1.82, 2.24) is 20.0 Å². The van der Waals surface area contributed by atoms with Crippen molar-refractivity contribution in [1.29, 1.82) is 0 Å². The van der Waals surface area contributed by atoms with Gasteiger partial charge in [-0.3, -0.25) is 4.68 Å². The maximum atomic E-state index is 4.29. The maximum Gasteiger partial charge on any atom is 0.123 e. The molecule has 0 spiro atoms. The smallest absolute Gasteiger partial charge is 0.123 e. The predicted octanol–water partition coefficient (Wildman–Crippen LogP) is 2.55. The molecule has 2 aromatic heterocycles. The highest BCUT2D eigenvalue weighted by Gasteiger charge is 2.02. The Kier molecular flexibility index (Phi) is 3.24. The molecule has 0 atom stereocenters. The zero-order valence-electron chi connectivity index (χ0n) is 10.4. The van der Waals surface area contributed by atoms with Gasteiger partial charge in [-0.05, 0) is 24.3 Å². The van der Waals surface area contributed by atoms with Crippen molar-refractivity contribution in [2.24, 2.45) is 7.05 Å². The Hall–Kier alpha value is -2.21. The van der Waals surface area contributed by atoms with Crippen LogP contribution in [0.2, 0.25) is 0 Å². The second-order valence-electron chi connectivity index (χ2n) is 4.12. The summed E-state index contributed by atoms with van der Waals surface area (Å²) in [6, 6.07) is 8.26. The number of benzene rings is 1. The van der Waals surface area contributed by atoms with E-state index in [0.717, 1.165) is 22.0 Å². The minimum atomic E-state index is 0.708. The van der Waals surface area contributed by atoms with Crippen molar-refractivity contribution in [2.45, 2.75) is 6.54 Å². The molecule has 0 fully saturated rings. The molecule has 0 aliphatic rings. The monoisotopic (exact) mass is 271 g/mol. The second kappa shape index (κ2) is 5.19. The van der Waals surface area contributed by atoms with E-state index in [1.807, 2.05) is 18.6 Å². The third kappa shape index (κ3) is 2.63. The van der Waals surface area contributed by atoms with Gasteiger partial charge >= 0.3 is 0 Å². The summed E-state index contributed by atoms with van der Waals surface area (Å²) < 4.78 is 1.76. The molecule has 3 aromatic rings. The normalized spacial score (nSPS) is 10.6. The lowest BCUT2D eigenvalue weighted by atomic mass is 10.2. The van der Waals surface area contributed by atoms with E-state index in [0.29, 0.717) is 6.54 Å². The summed E-state index contributed by atoms with van der Waals surface area (Å²) in [4.78, 5) is 4.29. The van der Waals surface area contributed by atoms with E-state index < -0.39 is 0 Å². The summed E-state index contributed by atoms with van der Waals surface area (Å²) in [6.07, 6.45) is 3.58. The van der Waals surface area contributed by atoms with Crippen molar-refractivity contribution < 1.29 is 0 Å². The minimum absolute atomic E-state index is 0.708. The van der Waals surface area contributed by atoms with E-state index in [4.69, 9.17) is 0 Å². The summed E-state index contributed by atoms with van der Waals surface area (Å²) in [6.45, 7) is 0.708. The van der Waals surface area contributed by atoms with Crippen molar-refractivity contribution >= 4 is 17.0 Å². The van der Waals surface area contributed by atoms with E-state index in [1.54, 1.807) is 22.2 Å². The predicted molar refractivity (Wildman–Crippen MR) is 75.9 cm³/mol. The standard InChI is InChI=1S/C13H13N5S/c1-18-12(9-16-17-18)8-15-11-4-2-10(3-5-11)13-14-6-7-19-13/h2-7,9,15H,8H2,1H3. The summed E-state index contributed by atoms with van der Waals surface area (Å²) in [5.74, 6) is 0. The third-order valence-corrected chi connectivity index (χ3v) is 3.67. The topological polar surface area (TPSA) is 55.6 Å². The van der Waals surface area contributed by atoms with Crippen LogP contribution in [0.4, 0.5) is 5.69 Å². The number of thiazole rings is 1. The lowest BCUT2D eigenvalue weighted by Crippen LogP contribution is -2.05. The maximum absolute atomic E-state index is 4.29. The van der Waals surface area contributed by atoms with E-state index in [-0.39, 0.29) is 0 Å². The fourth-order valence-electron chi connectivity index (χ4n) is 1.76. The third-order valence-electron chi connectivity index (χ3n) is 2.85. The zero-order valence-corrected chi connectivity index (χ0v) is 11.3. The molecule has 3 rings (SSSR count). The number of rotatable bonds is 4. The Balaban J connectivity index is 1.68. The molecule has 96 valence electrons. The van der Waals surface area contributed by atoms with Gasteiger partial charge in [0.1, 0.15) is 5.01 Å². The average Bonchev–Trinajstić information content (AvgIpc) is 3.09. The molecule has 1 N–H and O–H groups in total. The first kappa shape index (κ1) is 11.9. The highest BCUT2D eigenvalue weighted by atomic mass is 32.1. The lowest BCUT2D eigenvalue weighted by molar-refractivity contribution is 0.683. The number of aromatic nitrogens is 4. The molecular weight excluding hydrogens is 258 g/mol. The molecule has 5 nitrogen and oxygen atoms in total. The van der Waals surface area contributed by atoms with Crippen LogP contribution >= 0.6 is 11.3 Å². The van der Waals surface area contributed by atoms with Gasteiger partial charge in [-0.2, -0.15) is 0 Å². The van der Waals surface area contributed by atoms with Crippen molar-refractivity contribution in [3.05, 3.63) is 47.7 Å². The van der Waals surface area contributed by atoms with Crippen molar-refractivity contribution in [3.63, 3.8) is 0 Å². The van der Waals surface area contributed by atoms with Crippen LogP contribution in [-0.2, 0) is 13.6 Å². The van der Waals surface area contributed by atoms with Gasteiger partial charge in [0.15, 0.2) is 0 Å². The number of hydrogen-bond acceptors (Lipinski definition) is 5. The number of anilines is 1. The number of nitrogens with zero attached hydrogens (tertiary/aromatic N) is 4. The second-order valence-corrected chi connectivity index (χ2v) is 5.01. The van der Waals surface area contributed by atoms with Crippen LogP contribution in [0.15, 0.2) is 42.0 Å². The molecule has 0 aliphatic carbocycles.